The van der Waals surface area contributed by atoms with Crippen LogP contribution in [0.5, 0.6) is 0 Å². The Morgan fingerprint density at radius 2 is 2.04 bits per heavy atom. The Bertz CT molecular complexity index is 1010. The Kier molecular flexibility index (Phi) is 3.63. The van der Waals surface area contributed by atoms with Crippen LogP contribution in [-0.2, 0) is 11.2 Å². The number of oxazole rings is 1. The molecular weight excluding hydrogens is 350 g/mol. The van der Waals surface area contributed by atoms with Gasteiger partial charge in [-0.1, -0.05) is 29.8 Å². The summed E-state index contributed by atoms with van der Waals surface area (Å²) in [7, 11) is 0. The van der Waals surface area contributed by atoms with Crippen LogP contribution in [0.4, 0.5) is 0 Å². The molecule has 3 heterocycles. The quantitative estimate of drug-likeness (QED) is 0.548. The molecule has 4 rings (SSSR count). The van der Waals surface area contributed by atoms with Gasteiger partial charge in [0.25, 0.3) is 5.89 Å². The van der Waals surface area contributed by atoms with Crippen LogP contribution in [0.2, 0.25) is 4.34 Å². The first-order valence-corrected chi connectivity index (χ1v) is 8.26. The van der Waals surface area contributed by atoms with Crippen LogP contribution in [0.1, 0.15) is 5.69 Å². The van der Waals surface area contributed by atoms with Crippen LogP contribution in [-0.4, -0.2) is 16.1 Å². The van der Waals surface area contributed by atoms with Gasteiger partial charge in [-0.15, -0.1) is 11.3 Å². The summed E-state index contributed by atoms with van der Waals surface area (Å²) in [6.07, 6.45) is -0.241. The van der Waals surface area contributed by atoms with E-state index in [2.05, 4.69) is 4.98 Å². The van der Waals surface area contributed by atoms with Gasteiger partial charge in [-0.25, -0.2) is 4.98 Å². The van der Waals surface area contributed by atoms with Gasteiger partial charge >= 0.3 is 5.97 Å². The van der Waals surface area contributed by atoms with Crippen molar-refractivity contribution < 1.29 is 18.7 Å². The second-order valence-corrected chi connectivity index (χ2v) is 6.83. The minimum absolute atomic E-state index is 0.241. The number of fused-ring (bicyclic) bond motifs is 1. The molecule has 120 valence electrons. The number of benzene rings is 1. The Morgan fingerprint density at radius 1 is 1.21 bits per heavy atom. The monoisotopic (exact) mass is 359 g/mol. The Hall–Kier alpha value is -2.57. The molecule has 0 spiro atoms. The summed E-state index contributed by atoms with van der Waals surface area (Å²) in [5, 5.41) is 10.0. The highest BCUT2D eigenvalue weighted by molar-refractivity contribution is 7.19. The van der Waals surface area contributed by atoms with Gasteiger partial charge in [-0.3, -0.25) is 4.79 Å². The molecule has 4 aromatic rings. The molecule has 0 atom stereocenters. The molecule has 1 N–H and O–H groups in total. The number of aliphatic carboxylic acids is 1. The topological polar surface area (TPSA) is 76.5 Å². The highest BCUT2D eigenvalue weighted by Crippen LogP contribution is 2.37. The number of rotatable bonds is 4. The van der Waals surface area contributed by atoms with Gasteiger partial charge in [-0.05, 0) is 24.3 Å². The summed E-state index contributed by atoms with van der Waals surface area (Å²) >= 11 is 7.27. The maximum atomic E-state index is 11.1. The summed E-state index contributed by atoms with van der Waals surface area (Å²) in [5.74, 6) is 0.131. The summed E-state index contributed by atoms with van der Waals surface area (Å²) in [6.45, 7) is 0. The third-order valence-corrected chi connectivity index (χ3v) is 4.68. The molecule has 0 saturated heterocycles. The lowest BCUT2D eigenvalue weighted by Gasteiger charge is -1.94. The highest BCUT2D eigenvalue weighted by Gasteiger charge is 2.21. The minimum Gasteiger partial charge on any atom is -0.481 e. The van der Waals surface area contributed by atoms with Crippen LogP contribution in [0.25, 0.3) is 33.3 Å². The molecule has 0 amide bonds. The predicted molar refractivity (Wildman–Crippen MR) is 91.4 cm³/mol. The molecule has 24 heavy (non-hydrogen) atoms. The largest absolute Gasteiger partial charge is 0.481 e. The number of carboxylic acids is 1. The molecule has 0 fully saturated rings. The summed E-state index contributed by atoms with van der Waals surface area (Å²) in [6, 6.07) is 12.9. The van der Waals surface area contributed by atoms with Gasteiger partial charge in [0, 0.05) is 5.39 Å². The lowest BCUT2D eigenvalue weighted by molar-refractivity contribution is -0.136. The van der Waals surface area contributed by atoms with Crippen LogP contribution >= 0.6 is 22.9 Å². The third kappa shape index (κ3) is 2.70. The standard InChI is InChI=1S/C17H10ClNO4S/c18-14-6-5-13(24-14)16-10(8-15(20)21)19-17(23-16)12-7-9-3-1-2-4-11(9)22-12/h1-7H,8H2,(H,20,21). The predicted octanol–water partition coefficient (Wildman–Crippen LogP) is 5.10. The molecule has 0 bridgehead atoms. The first kappa shape index (κ1) is 15.0. The van der Waals surface area contributed by atoms with Crippen molar-refractivity contribution in [2.24, 2.45) is 0 Å². The van der Waals surface area contributed by atoms with Crippen molar-refractivity contribution >= 4 is 39.9 Å². The minimum atomic E-state index is -0.983. The number of carbonyl (C=O) groups is 1. The number of nitrogens with zero attached hydrogens (tertiary/aromatic N) is 1. The fourth-order valence-corrected chi connectivity index (χ4v) is 3.48. The van der Waals surface area contributed by atoms with E-state index in [0.717, 1.165) is 10.3 Å². The van der Waals surface area contributed by atoms with Crippen LogP contribution in [0.15, 0.2) is 51.3 Å². The molecule has 0 aliphatic carbocycles. The molecule has 0 aliphatic rings. The number of furan rings is 1. The Labute approximate surface area is 145 Å². The van der Waals surface area contributed by atoms with E-state index in [1.807, 2.05) is 30.3 Å². The highest BCUT2D eigenvalue weighted by atomic mass is 35.5. The van der Waals surface area contributed by atoms with Gasteiger partial charge in [-0.2, -0.15) is 0 Å². The smallest absolute Gasteiger partial charge is 0.309 e. The fourth-order valence-electron chi connectivity index (χ4n) is 2.44. The Morgan fingerprint density at radius 3 is 2.75 bits per heavy atom. The first-order valence-electron chi connectivity index (χ1n) is 7.06. The summed E-state index contributed by atoms with van der Waals surface area (Å²) in [5.41, 5.74) is 1.06. The zero-order valence-corrected chi connectivity index (χ0v) is 13.7. The van der Waals surface area contributed by atoms with E-state index in [1.165, 1.54) is 11.3 Å². The fraction of sp³-hybridized carbons (Fsp3) is 0.0588. The molecular formula is C17H10ClNO4S. The molecule has 0 unspecified atom stereocenters. The van der Waals surface area contributed by atoms with Crippen molar-refractivity contribution in [2.75, 3.05) is 0 Å². The number of carboxylic acid groups (broad SMARTS) is 1. The van der Waals surface area contributed by atoms with E-state index >= 15 is 0 Å². The van der Waals surface area contributed by atoms with Crippen molar-refractivity contribution in [2.45, 2.75) is 6.42 Å². The van der Waals surface area contributed by atoms with Crippen LogP contribution in [0.3, 0.4) is 0 Å². The van der Waals surface area contributed by atoms with Crippen molar-refractivity contribution in [3.63, 3.8) is 0 Å². The second-order valence-electron chi connectivity index (χ2n) is 5.12. The average molecular weight is 360 g/mol. The zero-order chi connectivity index (χ0) is 16.7. The third-order valence-electron chi connectivity index (χ3n) is 3.45. The molecule has 0 aliphatic heterocycles. The molecule has 5 nitrogen and oxygen atoms in total. The van der Waals surface area contributed by atoms with E-state index in [9.17, 15) is 4.79 Å². The van der Waals surface area contributed by atoms with Crippen molar-refractivity contribution in [3.05, 3.63) is 52.5 Å². The van der Waals surface area contributed by atoms with Crippen LogP contribution < -0.4 is 0 Å². The van der Waals surface area contributed by atoms with E-state index in [4.69, 9.17) is 25.5 Å². The normalized spacial score (nSPS) is 11.2. The van der Waals surface area contributed by atoms with E-state index in [-0.39, 0.29) is 12.3 Å². The SMILES string of the molecule is O=C(O)Cc1nc(-c2cc3ccccc3o2)oc1-c1ccc(Cl)s1. The Balaban J connectivity index is 1.84. The molecule has 0 radical (unpaired) electrons. The van der Waals surface area contributed by atoms with Crippen molar-refractivity contribution in [3.8, 4) is 22.3 Å². The van der Waals surface area contributed by atoms with Gasteiger partial charge < -0.3 is 13.9 Å². The summed E-state index contributed by atoms with van der Waals surface area (Å²) in [4.78, 5) is 16.2. The molecule has 7 heteroatoms. The van der Waals surface area contributed by atoms with Crippen molar-refractivity contribution in [1.29, 1.82) is 0 Å². The summed E-state index contributed by atoms with van der Waals surface area (Å²) < 4.78 is 12.1. The first-order chi connectivity index (χ1) is 11.6. The van der Waals surface area contributed by atoms with Crippen molar-refractivity contribution in [1.82, 2.24) is 4.98 Å². The zero-order valence-electron chi connectivity index (χ0n) is 12.2. The average Bonchev–Trinajstić information content (AvgIpc) is 3.23. The molecule has 1 aromatic carbocycles. The number of halogens is 1. The molecule has 0 saturated carbocycles. The number of para-hydroxylation sites is 1. The number of thiophene rings is 1. The number of hydrogen-bond acceptors (Lipinski definition) is 5. The maximum absolute atomic E-state index is 11.1. The van der Waals surface area contributed by atoms with Gasteiger partial charge in [0.15, 0.2) is 11.5 Å². The number of hydrogen-bond donors (Lipinski definition) is 1. The number of aromatic nitrogens is 1. The van der Waals surface area contributed by atoms with E-state index in [1.54, 1.807) is 12.1 Å². The van der Waals surface area contributed by atoms with Gasteiger partial charge in [0.2, 0.25) is 0 Å². The van der Waals surface area contributed by atoms with E-state index in [0.29, 0.717) is 27.1 Å². The maximum Gasteiger partial charge on any atom is 0.309 e. The second kappa shape index (κ2) is 5.81. The lowest BCUT2D eigenvalue weighted by Crippen LogP contribution is -2.01. The molecule has 3 aromatic heterocycles. The lowest BCUT2D eigenvalue weighted by atomic mass is 10.2. The van der Waals surface area contributed by atoms with Gasteiger partial charge in [0.05, 0.1) is 21.3 Å². The van der Waals surface area contributed by atoms with Crippen LogP contribution in [0, 0.1) is 0 Å². The van der Waals surface area contributed by atoms with Gasteiger partial charge in [0.1, 0.15) is 5.58 Å². The van der Waals surface area contributed by atoms with E-state index < -0.39 is 5.97 Å².